The van der Waals surface area contributed by atoms with Crippen molar-refractivity contribution in [3.8, 4) is 0 Å². The van der Waals surface area contributed by atoms with Crippen LogP contribution in [0.25, 0.3) is 10.8 Å². The van der Waals surface area contributed by atoms with Crippen molar-refractivity contribution in [2.45, 2.75) is 43.9 Å². The predicted octanol–water partition coefficient (Wildman–Crippen LogP) is 6.27. The normalized spacial score (nSPS) is 30.2. The topological polar surface area (TPSA) is 23.6 Å². The number of piperazine rings is 1. The van der Waals surface area contributed by atoms with E-state index in [1.807, 2.05) is 0 Å². The van der Waals surface area contributed by atoms with Gasteiger partial charge in [-0.25, -0.2) is 0 Å². The van der Waals surface area contributed by atoms with Gasteiger partial charge in [0.2, 0.25) is 0 Å². The monoisotopic (exact) mass is 450 g/mol. The van der Waals surface area contributed by atoms with E-state index in [-0.39, 0.29) is 11.3 Å². The van der Waals surface area contributed by atoms with Crippen molar-refractivity contribution in [2.75, 3.05) is 31.1 Å². The third-order valence-electron chi connectivity index (χ3n) is 9.41. The van der Waals surface area contributed by atoms with Gasteiger partial charge >= 0.3 is 0 Å². The molecule has 3 aromatic carbocycles. The van der Waals surface area contributed by atoms with Crippen molar-refractivity contribution < 1.29 is 4.79 Å². The van der Waals surface area contributed by atoms with Crippen molar-refractivity contribution in [3.63, 3.8) is 0 Å². The maximum atomic E-state index is 13.8. The van der Waals surface area contributed by atoms with Crippen LogP contribution < -0.4 is 4.90 Å². The van der Waals surface area contributed by atoms with E-state index >= 15 is 0 Å². The van der Waals surface area contributed by atoms with Crippen LogP contribution in [-0.2, 0) is 5.41 Å². The summed E-state index contributed by atoms with van der Waals surface area (Å²) in [5.74, 6) is 2.91. The Morgan fingerprint density at radius 2 is 1.35 bits per heavy atom. The molecule has 0 spiro atoms. The SMILES string of the molecule is O=C(c1cc(C23CC4CC(CC(C4)C2)C3)c2ccccc2c1)N1CCN(c2ccccc2)CC1. The molecule has 0 radical (unpaired) electrons. The highest BCUT2D eigenvalue weighted by Gasteiger charge is 2.52. The van der Waals surface area contributed by atoms with Gasteiger partial charge in [0.15, 0.2) is 0 Å². The zero-order valence-corrected chi connectivity index (χ0v) is 20.0. The maximum Gasteiger partial charge on any atom is 0.254 e. The number of para-hydroxylation sites is 1. The Kier molecular flexibility index (Phi) is 4.75. The lowest BCUT2D eigenvalue weighted by atomic mass is 9.47. The van der Waals surface area contributed by atoms with Crippen molar-refractivity contribution >= 4 is 22.4 Å². The second kappa shape index (κ2) is 7.86. The Balaban J connectivity index is 1.21. The summed E-state index contributed by atoms with van der Waals surface area (Å²) in [5, 5.41) is 2.62. The van der Waals surface area contributed by atoms with Gasteiger partial charge in [-0.2, -0.15) is 0 Å². The Hall–Kier alpha value is -2.81. The van der Waals surface area contributed by atoms with Gasteiger partial charge in [0.05, 0.1) is 0 Å². The summed E-state index contributed by atoms with van der Waals surface area (Å²) < 4.78 is 0. The van der Waals surface area contributed by atoms with E-state index in [1.165, 1.54) is 60.5 Å². The fourth-order valence-corrected chi connectivity index (χ4v) is 8.30. The smallest absolute Gasteiger partial charge is 0.254 e. The molecule has 3 nitrogen and oxygen atoms in total. The van der Waals surface area contributed by atoms with Crippen molar-refractivity contribution in [2.24, 2.45) is 17.8 Å². The second-order valence-corrected chi connectivity index (χ2v) is 11.6. The summed E-state index contributed by atoms with van der Waals surface area (Å²) in [6.07, 6.45) is 8.33. The molecular weight excluding hydrogens is 416 g/mol. The summed E-state index contributed by atoms with van der Waals surface area (Å²) in [7, 11) is 0. The highest BCUT2D eigenvalue weighted by molar-refractivity contribution is 6.00. The predicted molar refractivity (Wildman–Crippen MR) is 138 cm³/mol. The van der Waals surface area contributed by atoms with Gasteiger partial charge in [0, 0.05) is 37.4 Å². The first-order valence-electron chi connectivity index (χ1n) is 13.3. The second-order valence-electron chi connectivity index (χ2n) is 11.6. The largest absolute Gasteiger partial charge is 0.368 e. The van der Waals surface area contributed by atoms with Crippen LogP contribution in [0.1, 0.15) is 54.4 Å². The molecular formula is C31H34N2O. The summed E-state index contributed by atoms with van der Waals surface area (Å²) >= 11 is 0. The van der Waals surface area contributed by atoms with Gasteiger partial charge in [-0.1, -0.05) is 42.5 Å². The summed E-state index contributed by atoms with van der Waals surface area (Å²) in [6.45, 7) is 3.36. The number of amides is 1. The molecule has 1 saturated heterocycles. The van der Waals surface area contributed by atoms with Crippen molar-refractivity contribution in [3.05, 3.63) is 77.9 Å². The molecule has 0 atom stereocenters. The van der Waals surface area contributed by atoms with E-state index in [9.17, 15) is 4.79 Å². The van der Waals surface area contributed by atoms with Gasteiger partial charge in [0.25, 0.3) is 5.91 Å². The molecule has 1 amide bonds. The van der Waals surface area contributed by atoms with Crippen LogP contribution in [0.3, 0.4) is 0 Å². The lowest BCUT2D eigenvalue weighted by Crippen LogP contribution is -2.49. The summed E-state index contributed by atoms with van der Waals surface area (Å²) in [5.41, 5.74) is 3.93. The molecule has 34 heavy (non-hydrogen) atoms. The first-order chi connectivity index (χ1) is 16.7. The molecule has 4 aliphatic carbocycles. The molecule has 1 heterocycles. The molecule has 3 heteroatoms. The molecule has 4 bridgehead atoms. The van der Waals surface area contributed by atoms with Crippen molar-refractivity contribution in [1.82, 2.24) is 4.90 Å². The van der Waals surface area contributed by atoms with Crippen LogP contribution in [0, 0.1) is 17.8 Å². The molecule has 8 rings (SSSR count). The molecule has 5 aliphatic rings. The summed E-state index contributed by atoms with van der Waals surface area (Å²) in [4.78, 5) is 18.2. The lowest BCUT2D eigenvalue weighted by molar-refractivity contribution is -0.00452. The summed E-state index contributed by atoms with van der Waals surface area (Å²) in [6, 6.07) is 23.9. The van der Waals surface area contributed by atoms with Gasteiger partial charge in [-0.15, -0.1) is 0 Å². The van der Waals surface area contributed by atoms with Crippen LogP contribution in [-0.4, -0.2) is 37.0 Å². The average Bonchev–Trinajstić information content (AvgIpc) is 2.87. The Bertz CT molecular complexity index is 1190. The van der Waals surface area contributed by atoms with E-state index in [1.54, 1.807) is 0 Å². The minimum absolute atomic E-state index is 0.212. The van der Waals surface area contributed by atoms with Crippen LogP contribution in [0.5, 0.6) is 0 Å². The number of hydrogen-bond donors (Lipinski definition) is 0. The number of carbonyl (C=O) groups excluding carboxylic acids is 1. The van der Waals surface area contributed by atoms with Crippen LogP contribution in [0.15, 0.2) is 66.7 Å². The van der Waals surface area contributed by atoms with E-state index in [2.05, 4.69) is 76.5 Å². The first kappa shape index (κ1) is 20.6. The molecule has 1 aliphatic heterocycles. The van der Waals surface area contributed by atoms with Crippen molar-refractivity contribution in [1.29, 1.82) is 0 Å². The third-order valence-corrected chi connectivity index (χ3v) is 9.41. The highest BCUT2D eigenvalue weighted by Crippen LogP contribution is 2.61. The van der Waals surface area contributed by atoms with E-state index in [4.69, 9.17) is 0 Å². The fourth-order valence-electron chi connectivity index (χ4n) is 8.30. The van der Waals surface area contributed by atoms with Crippen LogP contribution >= 0.6 is 0 Å². The molecule has 3 aromatic rings. The maximum absolute atomic E-state index is 13.8. The zero-order valence-electron chi connectivity index (χ0n) is 20.0. The van der Waals surface area contributed by atoms with E-state index < -0.39 is 0 Å². The molecule has 5 fully saturated rings. The van der Waals surface area contributed by atoms with Crippen LogP contribution in [0.4, 0.5) is 5.69 Å². The number of benzene rings is 3. The van der Waals surface area contributed by atoms with E-state index in [0.29, 0.717) is 0 Å². The minimum atomic E-state index is 0.212. The van der Waals surface area contributed by atoms with Crippen LogP contribution in [0.2, 0.25) is 0 Å². The quantitative estimate of drug-likeness (QED) is 0.469. The van der Waals surface area contributed by atoms with Gasteiger partial charge in [-0.05, 0) is 102 Å². The molecule has 0 aromatic heterocycles. The third kappa shape index (κ3) is 3.35. The fraction of sp³-hybridized carbons (Fsp3) is 0.452. The number of carbonyl (C=O) groups is 1. The molecule has 174 valence electrons. The molecule has 0 unspecified atom stereocenters. The Morgan fingerprint density at radius 1 is 0.735 bits per heavy atom. The number of hydrogen-bond acceptors (Lipinski definition) is 2. The van der Waals surface area contributed by atoms with Gasteiger partial charge < -0.3 is 9.80 Å². The number of fused-ring (bicyclic) bond motifs is 1. The van der Waals surface area contributed by atoms with Gasteiger partial charge in [-0.3, -0.25) is 4.79 Å². The molecule has 0 N–H and O–H groups in total. The highest BCUT2D eigenvalue weighted by atomic mass is 16.2. The number of rotatable bonds is 3. The number of anilines is 1. The Labute approximate surface area is 202 Å². The standard InChI is InChI=1S/C31H34N2O/c34-30(33-12-10-32(11-13-33)27-7-2-1-3-8-27)26-17-25-6-4-5-9-28(25)29(18-26)31-19-22-14-23(20-31)16-24(15-22)21-31/h1-9,17-18,22-24H,10-16,19-21H2. The molecule has 4 saturated carbocycles. The lowest BCUT2D eigenvalue weighted by Gasteiger charge is -2.57. The van der Waals surface area contributed by atoms with E-state index in [0.717, 1.165) is 49.5 Å². The minimum Gasteiger partial charge on any atom is -0.368 e. The van der Waals surface area contributed by atoms with Gasteiger partial charge in [0.1, 0.15) is 0 Å². The Morgan fingerprint density at radius 3 is 2.03 bits per heavy atom. The average molecular weight is 451 g/mol. The first-order valence-corrected chi connectivity index (χ1v) is 13.3. The zero-order chi connectivity index (χ0) is 22.7. The number of nitrogens with zero attached hydrogens (tertiary/aromatic N) is 2.